The van der Waals surface area contributed by atoms with E-state index in [1.165, 1.54) is 0 Å². The lowest BCUT2D eigenvalue weighted by Crippen LogP contribution is -2.49. The van der Waals surface area contributed by atoms with E-state index in [1.807, 2.05) is 46.6 Å². The molecule has 152 valence electrons. The minimum Gasteiger partial charge on any atom is -0.338 e. The first-order valence-corrected chi connectivity index (χ1v) is 10.4. The number of fused-ring (bicyclic) bond motifs is 3. The molecule has 0 spiro atoms. The topological polar surface area (TPSA) is 66.6 Å². The number of rotatable bonds is 2. The largest absolute Gasteiger partial charge is 0.338 e. The zero-order valence-corrected chi connectivity index (χ0v) is 17.7. The van der Waals surface area contributed by atoms with Crippen molar-refractivity contribution in [2.24, 2.45) is 0 Å². The molecule has 0 N–H and O–H groups in total. The number of hydrogen-bond donors (Lipinski definition) is 0. The second kappa shape index (κ2) is 7.41. The number of aromatic nitrogens is 4. The summed E-state index contributed by atoms with van der Waals surface area (Å²) in [7, 11) is 0. The molecule has 9 heteroatoms. The standard InChI is InChI=1S/C21H18Cl2N6O/c1-13-25-26-19-16-7-6-14(22)12-18(16)24-21(29(13)19)28-10-8-27(9-11-28)20(30)15-4-2-3-5-17(15)23/h2-7,12H,8-11H2,1H3. The van der Waals surface area contributed by atoms with Gasteiger partial charge in [-0.2, -0.15) is 0 Å². The summed E-state index contributed by atoms with van der Waals surface area (Å²) in [6.07, 6.45) is 0. The van der Waals surface area contributed by atoms with E-state index in [2.05, 4.69) is 15.1 Å². The Hall–Kier alpha value is -2.90. The molecular weight excluding hydrogens is 423 g/mol. The molecule has 2 aromatic carbocycles. The van der Waals surface area contributed by atoms with Gasteiger partial charge in [0.25, 0.3) is 5.91 Å². The molecular formula is C21H18Cl2N6O. The summed E-state index contributed by atoms with van der Waals surface area (Å²) in [5.74, 6) is 1.47. The Morgan fingerprint density at radius 2 is 1.77 bits per heavy atom. The van der Waals surface area contributed by atoms with Gasteiger partial charge in [0.1, 0.15) is 5.82 Å². The number of carbonyl (C=O) groups excluding carboxylic acids is 1. The zero-order chi connectivity index (χ0) is 20.8. The van der Waals surface area contributed by atoms with Gasteiger partial charge in [-0.05, 0) is 37.3 Å². The fourth-order valence-electron chi connectivity index (χ4n) is 3.85. The molecule has 0 radical (unpaired) electrons. The Labute approximate surface area is 182 Å². The van der Waals surface area contributed by atoms with Crippen molar-refractivity contribution in [3.8, 4) is 0 Å². The third-order valence-electron chi connectivity index (χ3n) is 5.40. The summed E-state index contributed by atoms with van der Waals surface area (Å²) in [6.45, 7) is 4.33. The lowest BCUT2D eigenvalue weighted by Gasteiger charge is -2.35. The van der Waals surface area contributed by atoms with Crippen molar-refractivity contribution in [2.75, 3.05) is 31.1 Å². The first-order chi connectivity index (χ1) is 14.5. The van der Waals surface area contributed by atoms with Crippen LogP contribution in [-0.2, 0) is 0 Å². The van der Waals surface area contributed by atoms with Crippen molar-refractivity contribution in [1.29, 1.82) is 0 Å². The van der Waals surface area contributed by atoms with E-state index in [0.29, 0.717) is 41.8 Å². The van der Waals surface area contributed by atoms with E-state index in [1.54, 1.807) is 12.1 Å². The summed E-state index contributed by atoms with van der Waals surface area (Å²) in [5.41, 5.74) is 2.05. The van der Waals surface area contributed by atoms with Crippen LogP contribution < -0.4 is 4.90 Å². The van der Waals surface area contributed by atoms with Crippen molar-refractivity contribution in [3.05, 3.63) is 63.9 Å². The number of piperazine rings is 1. The fourth-order valence-corrected chi connectivity index (χ4v) is 4.23. The average Bonchev–Trinajstić information content (AvgIpc) is 3.15. The van der Waals surface area contributed by atoms with Crippen LogP contribution in [0.5, 0.6) is 0 Å². The third kappa shape index (κ3) is 3.14. The third-order valence-corrected chi connectivity index (χ3v) is 5.96. The molecule has 0 saturated carbocycles. The molecule has 0 bridgehead atoms. The summed E-state index contributed by atoms with van der Waals surface area (Å²) >= 11 is 12.4. The predicted molar refractivity (Wildman–Crippen MR) is 118 cm³/mol. The Kier molecular flexibility index (Phi) is 4.72. The summed E-state index contributed by atoms with van der Waals surface area (Å²) in [5, 5.41) is 10.6. The van der Waals surface area contributed by atoms with Gasteiger partial charge in [0.05, 0.1) is 16.1 Å². The van der Waals surface area contributed by atoms with Crippen LogP contribution in [0.3, 0.4) is 0 Å². The Balaban J connectivity index is 1.46. The van der Waals surface area contributed by atoms with Crippen LogP contribution in [0.15, 0.2) is 42.5 Å². The lowest BCUT2D eigenvalue weighted by atomic mass is 10.2. The van der Waals surface area contributed by atoms with Crippen LogP contribution in [-0.4, -0.2) is 56.6 Å². The number of halogens is 2. The van der Waals surface area contributed by atoms with E-state index < -0.39 is 0 Å². The zero-order valence-electron chi connectivity index (χ0n) is 16.2. The Morgan fingerprint density at radius 3 is 2.53 bits per heavy atom. The number of nitrogens with zero attached hydrogens (tertiary/aromatic N) is 6. The fraction of sp³-hybridized carbons (Fsp3) is 0.238. The summed E-state index contributed by atoms with van der Waals surface area (Å²) < 4.78 is 1.96. The normalized spacial score (nSPS) is 14.6. The van der Waals surface area contributed by atoms with E-state index in [-0.39, 0.29) is 5.91 Å². The molecule has 1 aliphatic heterocycles. The molecule has 0 aliphatic carbocycles. The number of amides is 1. The highest BCUT2D eigenvalue weighted by Gasteiger charge is 2.26. The van der Waals surface area contributed by atoms with Gasteiger partial charge in [-0.15, -0.1) is 10.2 Å². The van der Waals surface area contributed by atoms with Gasteiger partial charge in [-0.3, -0.25) is 4.79 Å². The van der Waals surface area contributed by atoms with Crippen LogP contribution in [0.25, 0.3) is 16.6 Å². The van der Waals surface area contributed by atoms with Crippen LogP contribution in [0.1, 0.15) is 16.2 Å². The van der Waals surface area contributed by atoms with E-state index in [9.17, 15) is 4.79 Å². The van der Waals surface area contributed by atoms with Crippen LogP contribution in [0.4, 0.5) is 5.95 Å². The maximum atomic E-state index is 12.9. The van der Waals surface area contributed by atoms with Crippen LogP contribution >= 0.6 is 23.2 Å². The van der Waals surface area contributed by atoms with Crippen LogP contribution in [0, 0.1) is 6.92 Å². The van der Waals surface area contributed by atoms with E-state index in [0.717, 1.165) is 28.3 Å². The highest BCUT2D eigenvalue weighted by Crippen LogP contribution is 2.27. The highest BCUT2D eigenvalue weighted by atomic mass is 35.5. The molecule has 3 heterocycles. The quantitative estimate of drug-likeness (QED) is 0.473. The maximum absolute atomic E-state index is 12.9. The number of carbonyl (C=O) groups is 1. The van der Waals surface area contributed by atoms with Crippen LogP contribution in [0.2, 0.25) is 10.0 Å². The summed E-state index contributed by atoms with van der Waals surface area (Å²) in [6, 6.07) is 12.7. The molecule has 5 rings (SSSR count). The van der Waals surface area contributed by atoms with E-state index >= 15 is 0 Å². The van der Waals surface area contributed by atoms with Crippen molar-refractivity contribution in [3.63, 3.8) is 0 Å². The minimum atomic E-state index is -0.0517. The summed E-state index contributed by atoms with van der Waals surface area (Å²) in [4.78, 5) is 21.7. The first-order valence-electron chi connectivity index (χ1n) is 9.62. The van der Waals surface area contributed by atoms with Gasteiger partial charge in [0.15, 0.2) is 5.65 Å². The van der Waals surface area contributed by atoms with E-state index in [4.69, 9.17) is 28.2 Å². The molecule has 0 unspecified atom stereocenters. The number of hydrogen-bond acceptors (Lipinski definition) is 5. The second-order valence-corrected chi connectivity index (χ2v) is 8.08. The molecule has 4 aromatic rings. The Morgan fingerprint density at radius 1 is 1.00 bits per heavy atom. The van der Waals surface area contributed by atoms with Crippen molar-refractivity contribution in [2.45, 2.75) is 6.92 Å². The number of anilines is 1. The van der Waals surface area contributed by atoms with Gasteiger partial charge in [-0.25, -0.2) is 9.38 Å². The maximum Gasteiger partial charge on any atom is 0.255 e. The SMILES string of the molecule is Cc1nnc2c3ccc(Cl)cc3nc(N3CCN(C(=O)c4ccccc4Cl)CC3)n12. The van der Waals surface area contributed by atoms with Gasteiger partial charge in [0, 0.05) is 36.6 Å². The molecule has 1 aliphatic rings. The smallest absolute Gasteiger partial charge is 0.255 e. The van der Waals surface area contributed by atoms with Gasteiger partial charge < -0.3 is 9.80 Å². The minimum absolute atomic E-state index is 0.0517. The van der Waals surface area contributed by atoms with Gasteiger partial charge in [-0.1, -0.05) is 35.3 Å². The van der Waals surface area contributed by atoms with Gasteiger partial charge >= 0.3 is 0 Å². The monoisotopic (exact) mass is 440 g/mol. The number of aryl methyl sites for hydroxylation is 1. The second-order valence-electron chi connectivity index (χ2n) is 7.24. The molecule has 30 heavy (non-hydrogen) atoms. The highest BCUT2D eigenvalue weighted by molar-refractivity contribution is 6.33. The molecule has 7 nitrogen and oxygen atoms in total. The first kappa shape index (κ1) is 19.1. The van der Waals surface area contributed by atoms with Crippen molar-refractivity contribution < 1.29 is 4.79 Å². The van der Waals surface area contributed by atoms with Crippen molar-refractivity contribution >= 4 is 51.6 Å². The molecule has 2 aromatic heterocycles. The molecule has 1 amide bonds. The molecule has 0 atom stereocenters. The number of benzene rings is 2. The molecule has 1 saturated heterocycles. The Bertz CT molecular complexity index is 1280. The van der Waals surface area contributed by atoms with Crippen molar-refractivity contribution in [1.82, 2.24) is 24.5 Å². The predicted octanol–water partition coefficient (Wildman–Crippen LogP) is 3.86. The van der Waals surface area contributed by atoms with Gasteiger partial charge in [0.2, 0.25) is 5.95 Å². The lowest BCUT2D eigenvalue weighted by molar-refractivity contribution is 0.0746. The molecule has 1 fully saturated rings. The average molecular weight is 441 g/mol.